The SMILES string of the molecule is Cc1nn2c3c(cccc13)OCC2. The van der Waals surface area contributed by atoms with E-state index < -0.39 is 0 Å². The topological polar surface area (TPSA) is 27.1 Å². The van der Waals surface area contributed by atoms with Gasteiger partial charge in [0.05, 0.1) is 12.2 Å². The molecule has 0 bridgehead atoms. The number of para-hydroxylation sites is 1. The van der Waals surface area contributed by atoms with Crippen molar-refractivity contribution in [3.05, 3.63) is 23.9 Å². The van der Waals surface area contributed by atoms with Crippen LogP contribution in [0, 0.1) is 6.92 Å². The smallest absolute Gasteiger partial charge is 0.145 e. The molecule has 3 rings (SSSR count). The van der Waals surface area contributed by atoms with Crippen LogP contribution >= 0.6 is 0 Å². The van der Waals surface area contributed by atoms with Gasteiger partial charge in [0.1, 0.15) is 17.9 Å². The first-order chi connectivity index (χ1) is 6.36. The molecule has 0 atom stereocenters. The van der Waals surface area contributed by atoms with E-state index in [1.54, 1.807) is 0 Å². The Hall–Kier alpha value is -1.51. The summed E-state index contributed by atoms with van der Waals surface area (Å²) in [7, 11) is 0. The van der Waals surface area contributed by atoms with Gasteiger partial charge < -0.3 is 4.74 Å². The highest BCUT2D eigenvalue weighted by molar-refractivity contribution is 5.87. The molecule has 0 N–H and O–H groups in total. The number of benzene rings is 1. The van der Waals surface area contributed by atoms with Crippen molar-refractivity contribution in [3.63, 3.8) is 0 Å². The van der Waals surface area contributed by atoms with E-state index in [2.05, 4.69) is 11.2 Å². The molecule has 2 heterocycles. The average Bonchev–Trinajstić information content (AvgIpc) is 2.47. The fourth-order valence-electron chi connectivity index (χ4n) is 1.89. The second-order valence-electron chi connectivity index (χ2n) is 3.31. The molecule has 0 amide bonds. The summed E-state index contributed by atoms with van der Waals surface area (Å²) in [4.78, 5) is 0. The minimum absolute atomic E-state index is 0.729. The number of nitrogens with zero attached hydrogens (tertiary/aromatic N) is 2. The van der Waals surface area contributed by atoms with E-state index in [0.29, 0.717) is 0 Å². The minimum Gasteiger partial charge on any atom is -0.489 e. The van der Waals surface area contributed by atoms with Crippen LogP contribution in [-0.4, -0.2) is 16.4 Å². The zero-order valence-electron chi connectivity index (χ0n) is 7.45. The lowest BCUT2D eigenvalue weighted by molar-refractivity contribution is 0.278. The summed E-state index contributed by atoms with van der Waals surface area (Å²) in [5.74, 6) is 0.962. The molecule has 13 heavy (non-hydrogen) atoms. The molecule has 3 nitrogen and oxygen atoms in total. The largest absolute Gasteiger partial charge is 0.489 e. The van der Waals surface area contributed by atoms with Crippen LogP contribution in [0.5, 0.6) is 5.75 Å². The number of rotatable bonds is 0. The highest BCUT2D eigenvalue weighted by Crippen LogP contribution is 2.29. The van der Waals surface area contributed by atoms with E-state index in [1.807, 2.05) is 23.7 Å². The average molecular weight is 174 g/mol. The summed E-state index contributed by atoms with van der Waals surface area (Å²) in [5.41, 5.74) is 2.23. The van der Waals surface area contributed by atoms with E-state index in [4.69, 9.17) is 4.74 Å². The summed E-state index contributed by atoms with van der Waals surface area (Å²) in [5, 5.41) is 5.66. The Labute approximate surface area is 75.9 Å². The van der Waals surface area contributed by atoms with Gasteiger partial charge in [-0.1, -0.05) is 12.1 Å². The number of aryl methyl sites for hydroxylation is 1. The fourth-order valence-corrected chi connectivity index (χ4v) is 1.89. The molecule has 0 spiro atoms. The molecule has 1 aromatic carbocycles. The number of ether oxygens (including phenoxy) is 1. The van der Waals surface area contributed by atoms with Gasteiger partial charge in [0.25, 0.3) is 0 Å². The van der Waals surface area contributed by atoms with Crippen molar-refractivity contribution in [2.75, 3.05) is 6.61 Å². The Kier molecular flexibility index (Phi) is 1.20. The van der Waals surface area contributed by atoms with Crippen LogP contribution in [0.3, 0.4) is 0 Å². The van der Waals surface area contributed by atoms with Crippen LogP contribution in [0.4, 0.5) is 0 Å². The lowest BCUT2D eigenvalue weighted by Crippen LogP contribution is -2.14. The van der Waals surface area contributed by atoms with Gasteiger partial charge in [-0.3, -0.25) is 4.68 Å². The van der Waals surface area contributed by atoms with Gasteiger partial charge in [-0.25, -0.2) is 0 Å². The maximum absolute atomic E-state index is 5.55. The quantitative estimate of drug-likeness (QED) is 0.608. The zero-order chi connectivity index (χ0) is 8.84. The Bertz CT molecular complexity index is 473. The molecule has 0 saturated heterocycles. The molecule has 0 aliphatic carbocycles. The van der Waals surface area contributed by atoms with Crippen molar-refractivity contribution >= 4 is 10.9 Å². The summed E-state index contributed by atoms with van der Waals surface area (Å²) in [6, 6.07) is 6.10. The predicted molar refractivity (Wildman–Crippen MR) is 50.0 cm³/mol. The van der Waals surface area contributed by atoms with E-state index in [1.165, 1.54) is 5.39 Å². The first kappa shape index (κ1) is 6.95. The van der Waals surface area contributed by atoms with Crippen LogP contribution in [0.15, 0.2) is 18.2 Å². The van der Waals surface area contributed by atoms with E-state index >= 15 is 0 Å². The highest BCUT2D eigenvalue weighted by atomic mass is 16.5. The Morgan fingerprint density at radius 1 is 1.46 bits per heavy atom. The van der Waals surface area contributed by atoms with Gasteiger partial charge >= 0.3 is 0 Å². The molecule has 0 radical (unpaired) electrons. The van der Waals surface area contributed by atoms with E-state index in [-0.39, 0.29) is 0 Å². The van der Waals surface area contributed by atoms with Crippen molar-refractivity contribution < 1.29 is 4.74 Å². The molecule has 0 fully saturated rings. The Morgan fingerprint density at radius 3 is 3.31 bits per heavy atom. The van der Waals surface area contributed by atoms with E-state index in [0.717, 1.165) is 30.1 Å². The predicted octanol–water partition coefficient (Wildman–Crippen LogP) is 1.74. The van der Waals surface area contributed by atoms with Gasteiger partial charge in [-0.15, -0.1) is 0 Å². The molecule has 0 unspecified atom stereocenters. The van der Waals surface area contributed by atoms with Crippen LogP contribution < -0.4 is 4.74 Å². The van der Waals surface area contributed by atoms with Crippen molar-refractivity contribution in [3.8, 4) is 5.75 Å². The van der Waals surface area contributed by atoms with Crippen molar-refractivity contribution in [2.24, 2.45) is 0 Å². The third-order valence-corrected chi connectivity index (χ3v) is 2.48. The van der Waals surface area contributed by atoms with Crippen LogP contribution in [0.2, 0.25) is 0 Å². The molecule has 3 heteroatoms. The molecule has 2 aromatic rings. The molecule has 1 aliphatic rings. The summed E-state index contributed by atoms with van der Waals surface area (Å²) < 4.78 is 7.58. The van der Waals surface area contributed by atoms with Crippen LogP contribution in [0.25, 0.3) is 10.9 Å². The molecular formula is C10H10N2O. The van der Waals surface area contributed by atoms with Crippen molar-refractivity contribution in [1.82, 2.24) is 9.78 Å². The molecule has 1 aliphatic heterocycles. The second-order valence-corrected chi connectivity index (χ2v) is 3.31. The van der Waals surface area contributed by atoms with Gasteiger partial charge in [0, 0.05) is 5.39 Å². The lowest BCUT2D eigenvalue weighted by atomic mass is 10.2. The normalized spacial score (nSPS) is 14.5. The number of hydrogen-bond acceptors (Lipinski definition) is 2. The van der Waals surface area contributed by atoms with Gasteiger partial charge in [0.2, 0.25) is 0 Å². The number of hydrogen-bond donors (Lipinski definition) is 0. The molecule has 0 saturated carbocycles. The summed E-state index contributed by atoms with van der Waals surface area (Å²) in [6.07, 6.45) is 0. The van der Waals surface area contributed by atoms with Crippen molar-refractivity contribution in [1.29, 1.82) is 0 Å². The standard InChI is InChI=1S/C10H10N2O/c1-7-8-3-2-4-9-10(8)12(11-7)5-6-13-9/h2-4H,5-6H2,1H3. The summed E-state index contributed by atoms with van der Waals surface area (Å²) in [6.45, 7) is 3.63. The zero-order valence-corrected chi connectivity index (χ0v) is 7.45. The maximum Gasteiger partial charge on any atom is 0.145 e. The molecule has 1 aromatic heterocycles. The van der Waals surface area contributed by atoms with Gasteiger partial charge in [-0.05, 0) is 13.0 Å². The minimum atomic E-state index is 0.729. The number of aromatic nitrogens is 2. The highest BCUT2D eigenvalue weighted by Gasteiger charge is 2.15. The van der Waals surface area contributed by atoms with Crippen LogP contribution in [-0.2, 0) is 6.54 Å². The Balaban J connectivity index is 2.51. The first-order valence-electron chi connectivity index (χ1n) is 4.45. The third kappa shape index (κ3) is 0.813. The van der Waals surface area contributed by atoms with Crippen molar-refractivity contribution in [2.45, 2.75) is 13.5 Å². The van der Waals surface area contributed by atoms with Gasteiger partial charge in [-0.2, -0.15) is 5.10 Å². The van der Waals surface area contributed by atoms with E-state index in [9.17, 15) is 0 Å². The van der Waals surface area contributed by atoms with Crippen LogP contribution in [0.1, 0.15) is 5.69 Å². The fraction of sp³-hybridized carbons (Fsp3) is 0.300. The monoisotopic (exact) mass is 174 g/mol. The first-order valence-corrected chi connectivity index (χ1v) is 4.45. The Morgan fingerprint density at radius 2 is 2.38 bits per heavy atom. The third-order valence-electron chi connectivity index (χ3n) is 2.48. The molecular weight excluding hydrogens is 164 g/mol. The maximum atomic E-state index is 5.55. The van der Waals surface area contributed by atoms with Gasteiger partial charge in [0.15, 0.2) is 0 Å². The lowest BCUT2D eigenvalue weighted by Gasteiger charge is -2.14. The summed E-state index contributed by atoms with van der Waals surface area (Å²) >= 11 is 0. The molecule has 66 valence electrons. The second kappa shape index (κ2) is 2.25.